The first kappa shape index (κ1) is 6.35. The number of sulfone groups is 1. The molecule has 2 N–H and O–H groups in total. The second kappa shape index (κ2) is 1.88. The second-order valence-electron chi connectivity index (χ2n) is 1.84. The van der Waals surface area contributed by atoms with Crippen molar-refractivity contribution in [1.29, 1.82) is 0 Å². The fraction of sp³-hybridized carbons (Fsp3) is 0.200. The van der Waals surface area contributed by atoms with Gasteiger partial charge < -0.3 is 5.73 Å². The number of nitrogens with two attached hydrogens (primary N) is 1. The van der Waals surface area contributed by atoms with Gasteiger partial charge in [0.05, 0.1) is 5.75 Å². The van der Waals surface area contributed by atoms with Gasteiger partial charge in [-0.25, -0.2) is 8.42 Å². The minimum absolute atomic E-state index is 0.0370. The molecule has 1 heterocycles. The van der Waals surface area contributed by atoms with Crippen molar-refractivity contribution in [2.24, 2.45) is 5.73 Å². The number of allylic oxidation sites excluding steroid dienone is 1. The summed E-state index contributed by atoms with van der Waals surface area (Å²) < 4.78 is 21.2. The molecule has 0 unspecified atom stereocenters. The van der Waals surface area contributed by atoms with E-state index in [0.29, 0.717) is 5.70 Å². The summed E-state index contributed by atoms with van der Waals surface area (Å²) in [6.45, 7) is 0. The summed E-state index contributed by atoms with van der Waals surface area (Å²) in [5, 5.41) is 1.13. The van der Waals surface area contributed by atoms with Crippen LogP contribution in [0.3, 0.4) is 0 Å². The minimum Gasteiger partial charge on any atom is -0.399 e. The fourth-order valence-corrected chi connectivity index (χ4v) is 1.42. The lowest BCUT2D eigenvalue weighted by molar-refractivity contribution is 0.607. The molecule has 0 atom stereocenters. The molecular formula is C5H7NO2S. The molecule has 0 saturated heterocycles. The molecule has 0 saturated carbocycles. The molecule has 0 aromatic heterocycles. The van der Waals surface area contributed by atoms with Crippen LogP contribution in [0.1, 0.15) is 0 Å². The number of hydrogen-bond acceptors (Lipinski definition) is 3. The molecule has 0 aliphatic carbocycles. The van der Waals surface area contributed by atoms with Crippen molar-refractivity contribution in [3.05, 3.63) is 23.3 Å². The third kappa shape index (κ3) is 1.57. The van der Waals surface area contributed by atoms with E-state index < -0.39 is 9.84 Å². The fourth-order valence-electron chi connectivity index (χ4n) is 0.518. The molecular weight excluding hydrogens is 138 g/mol. The maximum atomic E-state index is 10.6. The van der Waals surface area contributed by atoms with E-state index in [1.165, 1.54) is 12.2 Å². The van der Waals surface area contributed by atoms with Crippen LogP contribution in [0.4, 0.5) is 0 Å². The monoisotopic (exact) mass is 145 g/mol. The third-order valence-corrected chi connectivity index (χ3v) is 2.20. The summed E-state index contributed by atoms with van der Waals surface area (Å²) in [4.78, 5) is 0. The summed E-state index contributed by atoms with van der Waals surface area (Å²) >= 11 is 0. The number of rotatable bonds is 0. The lowest BCUT2D eigenvalue weighted by Gasteiger charge is -1.99. The van der Waals surface area contributed by atoms with E-state index in [0.717, 1.165) is 5.41 Å². The highest BCUT2D eigenvalue weighted by Gasteiger charge is 2.06. The summed E-state index contributed by atoms with van der Waals surface area (Å²) in [6.07, 6.45) is 2.87. The van der Waals surface area contributed by atoms with Crippen molar-refractivity contribution in [2.75, 3.05) is 5.75 Å². The Morgan fingerprint density at radius 3 is 2.56 bits per heavy atom. The SMILES string of the molecule is NC1=CCS(=O)(=O)C=C1. The van der Waals surface area contributed by atoms with Gasteiger partial charge in [0, 0.05) is 11.1 Å². The molecule has 0 aromatic carbocycles. The molecule has 0 radical (unpaired) electrons. The standard InChI is InChI=1S/C5H7NO2S/c6-5-1-3-9(7,8)4-2-5/h1-3H,4,6H2. The molecule has 0 aromatic rings. The Morgan fingerprint density at radius 2 is 2.22 bits per heavy atom. The first-order chi connectivity index (χ1) is 4.10. The van der Waals surface area contributed by atoms with Crippen LogP contribution in [0.2, 0.25) is 0 Å². The van der Waals surface area contributed by atoms with Gasteiger partial charge in [-0.05, 0) is 12.2 Å². The van der Waals surface area contributed by atoms with Gasteiger partial charge in [-0.3, -0.25) is 0 Å². The van der Waals surface area contributed by atoms with Gasteiger partial charge in [0.25, 0.3) is 0 Å². The van der Waals surface area contributed by atoms with Crippen LogP contribution in [0.25, 0.3) is 0 Å². The van der Waals surface area contributed by atoms with Crippen LogP contribution >= 0.6 is 0 Å². The summed E-state index contributed by atoms with van der Waals surface area (Å²) in [7, 11) is -2.95. The van der Waals surface area contributed by atoms with Gasteiger partial charge >= 0.3 is 0 Å². The largest absolute Gasteiger partial charge is 0.399 e. The van der Waals surface area contributed by atoms with Crippen molar-refractivity contribution in [3.8, 4) is 0 Å². The third-order valence-electron chi connectivity index (χ3n) is 1.02. The van der Waals surface area contributed by atoms with Crippen LogP contribution < -0.4 is 5.73 Å². The summed E-state index contributed by atoms with van der Waals surface area (Å²) in [5.74, 6) is 0.0370. The van der Waals surface area contributed by atoms with Gasteiger partial charge in [0.2, 0.25) is 0 Å². The van der Waals surface area contributed by atoms with Crippen molar-refractivity contribution in [2.45, 2.75) is 0 Å². The molecule has 1 aliphatic heterocycles. The Hall–Kier alpha value is -0.770. The highest BCUT2D eigenvalue weighted by molar-refractivity contribution is 7.94. The van der Waals surface area contributed by atoms with Crippen molar-refractivity contribution in [1.82, 2.24) is 0 Å². The molecule has 1 aliphatic rings. The zero-order valence-electron chi connectivity index (χ0n) is 4.74. The van der Waals surface area contributed by atoms with E-state index in [2.05, 4.69) is 0 Å². The lowest BCUT2D eigenvalue weighted by atomic mass is 10.4. The van der Waals surface area contributed by atoms with Crippen LogP contribution in [0, 0.1) is 0 Å². The molecule has 1 rings (SSSR count). The molecule has 0 amide bonds. The highest BCUT2D eigenvalue weighted by atomic mass is 32.2. The molecule has 0 fully saturated rings. The zero-order valence-corrected chi connectivity index (χ0v) is 5.56. The van der Waals surface area contributed by atoms with Crippen molar-refractivity contribution < 1.29 is 8.42 Å². The van der Waals surface area contributed by atoms with Crippen LogP contribution in [0.15, 0.2) is 23.3 Å². The Kier molecular flexibility index (Phi) is 1.32. The summed E-state index contributed by atoms with van der Waals surface area (Å²) in [5.41, 5.74) is 5.78. The van der Waals surface area contributed by atoms with Gasteiger partial charge in [-0.2, -0.15) is 0 Å². The molecule has 4 heteroatoms. The highest BCUT2D eigenvalue weighted by Crippen LogP contribution is 2.03. The molecule has 9 heavy (non-hydrogen) atoms. The molecule has 3 nitrogen and oxygen atoms in total. The van der Waals surface area contributed by atoms with E-state index in [4.69, 9.17) is 5.73 Å². The maximum absolute atomic E-state index is 10.6. The van der Waals surface area contributed by atoms with Crippen LogP contribution in [0.5, 0.6) is 0 Å². The zero-order chi connectivity index (χ0) is 6.91. The van der Waals surface area contributed by atoms with Gasteiger partial charge in [-0.1, -0.05) is 0 Å². The first-order valence-corrected chi connectivity index (χ1v) is 4.18. The predicted molar refractivity (Wildman–Crippen MR) is 35.2 cm³/mol. The average molecular weight is 145 g/mol. The second-order valence-corrected chi connectivity index (χ2v) is 3.77. The first-order valence-electron chi connectivity index (χ1n) is 2.47. The van der Waals surface area contributed by atoms with Gasteiger partial charge in [0.15, 0.2) is 9.84 Å². The molecule has 0 spiro atoms. The van der Waals surface area contributed by atoms with Gasteiger partial charge in [-0.15, -0.1) is 0 Å². The number of hydrogen-bond donors (Lipinski definition) is 1. The lowest BCUT2D eigenvalue weighted by Crippen LogP contribution is -2.07. The van der Waals surface area contributed by atoms with E-state index in [1.807, 2.05) is 0 Å². The van der Waals surface area contributed by atoms with E-state index in [1.54, 1.807) is 0 Å². The maximum Gasteiger partial charge on any atom is 0.175 e. The Labute approximate surface area is 53.8 Å². The summed E-state index contributed by atoms with van der Waals surface area (Å²) in [6, 6.07) is 0. The Morgan fingerprint density at radius 1 is 1.56 bits per heavy atom. The minimum atomic E-state index is -2.95. The molecule has 0 bridgehead atoms. The quantitative estimate of drug-likeness (QED) is 0.512. The van der Waals surface area contributed by atoms with Crippen molar-refractivity contribution >= 4 is 9.84 Å². The predicted octanol–water partition coefficient (Wildman–Crippen LogP) is -0.229. The van der Waals surface area contributed by atoms with E-state index in [9.17, 15) is 8.42 Å². The van der Waals surface area contributed by atoms with Gasteiger partial charge in [0.1, 0.15) is 0 Å². The average Bonchev–Trinajstić information content (AvgIpc) is 1.78. The van der Waals surface area contributed by atoms with E-state index in [-0.39, 0.29) is 5.75 Å². The Balaban J connectivity index is 2.95. The van der Waals surface area contributed by atoms with Crippen LogP contribution in [-0.2, 0) is 9.84 Å². The molecule has 50 valence electrons. The topological polar surface area (TPSA) is 60.2 Å². The van der Waals surface area contributed by atoms with E-state index >= 15 is 0 Å². The normalized spacial score (nSPS) is 23.3. The smallest absolute Gasteiger partial charge is 0.175 e. The van der Waals surface area contributed by atoms with Crippen molar-refractivity contribution in [3.63, 3.8) is 0 Å². The van der Waals surface area contributed by atoms with Crippen LogP contribution in [-0.4, -0.2) is 14.2 Å². The Bertz CT molecular complexity index is 261.